The number of ether oxygens (including phenoxy) is 1. The Hall–Kier alpha value is -3.24. The molecule has 156 valence electrons. The van der Waals surface area contributed by atoms with Crippen LogP contribution in [-0.2, 0) is 4.79 Å². The Balaban J connectivity index is 1.51. The number of aliphatic imine (C=N–C) groups is 1. The second kappa shape index (κ2) is 8.86. The van der Waals surface area contributed by atoms with E-state index in [4.69, 9.17) is 10.1 Å². The number of fused-ring (bicyclic) bond motifs is 1. The third kappa shape index (κ3) is 4.44. The molecule has 0 saturated carbocycles. The van der Waals surface area contributed by atoms with Crippen molar-refractivity contribution in [2.75, 3.05) is 5.75 Å². The zero-order valence-corrected chi connectivity index (χ0v) is 17.8. The van der Waals surface area contributed by atoms with Crippen LogP contribution in [-0.4, -0.2) is 38.0 Å². The van der Waals surface area contributed by atoms with E-state index in [9.17, 15) is 14.0 Å². The summed E-state index contributed by atoms with van der Waals surface area (Å²) in [5.41, 5.74) is 0.552. The second-order valence-electron chi connectivity index (χ2n) is 6.26. The van der Waals surface area contributed by atoms with E-state index in [2.05, 4.69) is 10.1 Å². The highest BCUT2D eigenvalue weighted by Crippen LogP contribution is 2.32. The molecule has 7 nitrogen and oxygen atoms in total. The number of nitrogens with zero attached hydrogens (tertiary/aromatic N) is 3. The Bertz CT molecular complexity index is 1180. The first kappa shape index (κ1) is 21.0. The molecule has 0 aromatic heterocycles. The van der Waals surface area contributed by atoms with Gasteiger partial charge in [-0.25, -0.2) is 9.18 Å². The summed E-state index contributed by atoms with van der Waals surface area (Å²) in [7, 11) is 0. The minimum Gasteiger partial charge on any atom is -0.423 e. The smallest absolute Gasteiger partial charge is 0.346 e. The van der Waals surface area contributed by atoms with Gasteiger partial charge in [0.15, 0.2) is 10.2 Å². The van der Waals surface area contributed by atoms with Gasteiger partial charge in [0.05, 0.1) is 11.1 Å². The summed E-state index contributed by atoms with van der Waals surface area (Å²) in [6.07, 6.45) is 1.53. The SMILES string of the molecule is CCSC1=NN2C(=N)/C(=C/c3ccc(OC(=O)c4ccccc4F)cc3)C(=O)N=C2S1. The van der Waals surface area contributed by atoms with Gasteiger partial charge in [-0.2, -0.15) is 10.0 Å². The Labute approximate surface area is 185 Å². The van der Waals surface area contributed by atoms with Gasteiger partial charge in [0.25, 0.3) is 5.91 Å². The predicted molar refractivity (Wildman–Crippen MR) is 121 cm³/mol. The van der Waals surface area contributed by atoms with Crippen LogP contribution in [0.5, 0.6) is 5.75 Å². The number of amides is 1. The topological polar surface area (TPSA) is 95.2 Å². The van der Waals surface area contributed by atoms with Crippen molar-refractivity contribution in [3.05, 3.63) is 71.0 Å². The number of hydrogen-bond donors (Lipinski definition) is 1. The van der Waals surface area contributed by atoms with Crippen molar-refractivity contribution < 1.29 is 18.7 Å². The summed E-state index contributed by atoms with van der Waals surface area (Å²) >= 11 is 2.78. The van der Waals surface area contributed by atoms with E-state index in [-0.39, 0.29) is 22.7 Å². The molecule has 1 amide bonds. The molecule has 4 rings (SSSR count). The molecule has 0 saturated heterocycles. The molecule has 0 fully saturated rings. The van der Waals surface area contributed by atoms with Gasteiger partial charge in [-0.15, -0.1) is 5.10 Å². The third-order valence-corrected chi connectivity index (χ3v) is 6.12. The molecule has 2 aromatic carbocycles. The average molecular weight is 455 g/mol. The summed E-state index contributed by atoms with van der Waals surface area (Å²) in [5, 5.41) is 14.4. The van der Waals surface area contributed by atoms with Gasteiger partial charge < -0.3 is 4.74 Å². The first-order valence-electron chi connectivity index (χ1n) is 9.16. The van der Waals surface area contributed by atoms with Crippen LogP contribution in [0.2, 0.25) is 0 Å². The van der Waals surface area contributed by atoms with Crippen LogP contribution in [0.4, 0.5) is 4.39 Å². The highest BCUT2D eigenvalue weighted by atomic mass is 32.2. The summed E-state index contributed by atoms with van der Waals surface area (Å²) in [5.74, 6) is -0.986. The number of carbonyl (C=O) groups is 2. The van der Waals surface area contributed by atoms with Crippen molar-refractivity contribution in [2.45, 2.75) is 6.92 Å². The molecule has 31 heavy (non-hydrogen) atoms. The first-order valence-corrected chi connectivity index (χ1v) is 11.0. The highest BCUT2D eigenvalue weighted by Gasteiger charge is 2.35. The van der Waals surface area contributed by atoms with Crippen LogP contribution < -0.4 is 4.74 Å². The van der Waals surface area contributed by atoms with E-state index < -0.39 is 17.7 Å². The minimum atomic E-state index is -0.805. The summed E-state index contributed by atoms with van der Waals surface area (Å²) in [6, 6.07) is 11.9. The predicted octanol–water partition coefficient (Wildman–Crippen LogP) is 4.37. The van der Waals surface area contributed by atoms with Crippen molar-refractivity contribution >= 4 is 56.9 Å². The van der Waals surface area contributed by atoms with Gasteiger partial charge in [0.1, 0.15) is 11.6 Å². The van der Waals surface area contributed by atoms with E-state index >= 15 is 0 Å². The monoisotopic (exact) mass is 454 g/mol. The fourth-order valence-electron chi connectivity index (χ4n) is 2.74. The minimum absolute atomic E-state index is 0.0516. The molecule has 1 N–H and O–H groups in total. The molecule has 10 heteroatoms. The maximum atomic E-state index is 13.7. The first-order chi connectivity index (χ1) is 15.0. The fraction of sp³-hybridized carbons (Fsp3) is 0.0952. The van der Waals surface area contributed by atoms with Crippen molar-refractivity contribution in [1.82, 2.24) is 5.01 Å². The van der Waals surface area contributed by atoms with Crippen molar-refractivity contribution in [1.29, 1.82) is 5.41 Å². The molecule has 0 atom stereocenters. The second-order valence-corrected chi connectivity index (χ2v) is 8.72. The van der Waals surface area contributed by atoms with Crippen molar-refractivity contribution in [3.8, 4) is 5.75 Å². The van der Waals surface area contributed by atoms with Crippen molar-refractivity contribution in [3.63, 3.8) is 0 Å². The standard InChI is InChI=1S/C21H15FN4O3S2/c1-2-30-21-25-26-17(23)15(18(27)24-20(26)31-21)11-12-7-9-13(10-8-12)29-19(28)14-5-3-4-6-16(14)22/h3-11,23H,2H2,1H3/b15-11-,23-17?. The number of rotatable bonds is 4. The maximum Gasteiger partial charge on any atom is 0.346 e. The van der Waals surface area contributed by atoms with Crippen LogP contribution >= 0.6 is 23.5 Å². The van der Waals surface area contributed by atoms with E-state index in [1.54, 1.807) is 18.2 Å². The van der Waals surface area contributed by atoms with E-state index in [1.807, 2.05) is 6.92 Å². The largest absolute Gasteiger partial charge is 0.423 e. The number of benzene rings is 2. The summed E-state index contributed by atoms with van der Waals surface area (Å²) in [6.45, 7) is 1.99. The lowest BCUT2D eigenvalue weighted by Gasteiger charge is -2.20. The molecule has 0 unspecified atom stereocenters. The normalized spacial score (nSPS) is 16.8. The van der Waals surface area contributed by atoms with Gasteiger partial charge in [-0.05, 0) is 53.4 Å². The number of esters is 1. The number of hydrogen-bond acceptors (Lipinski definition) is 7. The Morgan fingerprint density at radius 1 is 1.26 bits per heavy atom. The van der Waals surface area contributed by atoms with E-state index in [0.717, 1.165) is 10.1 Å². The zero-order valence-electron chi connectivity index (χ0n) is 16.2. The third-order valence-electron chi connectivity index (χ3n) is 4.20. The van der Waals surface area contributed by atoms with Crippen LogP contribution in [0.15, 0.2) is 64.2 Å². The average Bonchev–Trinajstić information content (AvgIpc) is 3.15. The Kier molecular flexibility index (Phi) is 6.01. The molecule has 2 aliphatic heterocycles. The van der Waals surface area contributed by atoms with Crippen LogP contribution in [0.1, 0.15) is 22.8 Å². The molecule has 2 aromatic rings. The lowest BCUT2D eigenvalue weighted by molar-refractivity contribution is -0.114. The van der Waals surface area contributed by atoms with Crippen molar-refractivity contribution in [2.24, 2.45) is 10.1 Å². The lowest BCUT2D eigenvalue weighted by atomic mass is 10.1. The molecule has 0 spiro atoms. The van der Waals surface area contributed by atoms with E-state index in [0.29, 0.717) is 10.7 Å². The van der Waals surface area contributed by atoms with Crippen LogP contribution in [0.25, 0.3) is 6.08 Å². The molecule has 2 aliphatic rings. The lowest BCUT2D eigenvalue weighted by Crippen LogP contribution is -2.35. The van der Waals surface area contributed by atoms with Crippen LogP contribution in [0.3, 0.4) is 0 Å². The summed E-state index contributed by atoms with van der Waals surface area (Å²) < 4.78 is 19.6. The number of thioether (sulfide) groups is 2. The number of halogens is 1. The quantitative estimate of drug-likeness (QED) is 0.419. The highest BCUT2D eigenvalue weighted by molar-refractivity contribution is 8.45. The molecule has 2 heterocycles. The molecule has 0 bridgehead atoms. The van der Waals surface area contributed by atoms with Gasteiger partial charge in [-0.1, -0.05) is 43.0 Å². The number of carbonyl (C=O) groups excluding carboxylic acids is 2. The summed E-state index contributed by atoms with van der Waals surface area (Å²) in [4.78, 5) is 28.6. The maximum absolute atomic E-state index is 13.7. The molecular formula is C21H15FN4O3S2. The zero-order chi connectivity index (χ0) is 22.0. The van der Waals surface area contributed by atoms with E-state index in [1.165, 1.54) is 64.9 Å². The Morgan fingerprint density at radius 3 is 2.71 bits per heavy atom. The fourth-order valence-corrected chi connectivity index (χ4v) is 4.57. The van der Waals surface area contributed by atoms with Gasteiger partial charge in [0.2, 0.25) is 5.17 Å². The Morgan fingerprint density at radius 2 is 2.00 bits per heavy atom. The van der Waals surface area contributed by atoms with Gasteiger partial charge in [-0.3, -0.25) is 10.2 Å². The number of hydrazone groups is 1. The molecule has 0 aliphatic carbocycles. The van der Waals surface area contributed by atoms with Gasteiger partial charge in [0, 0.05) is 0 Å². The molecule has 0 radical (unpaired) electrons. The molecular weight excluding hydrogens is 439 g/mol. The number of nitrogens with one attached hydrogen (secondary N) is 1. The van der Waals surface area contributed by atoms with Crippen LogP contribution in [0, 0.1) is 11.2 Å². The van der Waals surface area contributed by atoms with Gasteiger partial charge >= 0.3 is 5.97 Å². The number of amidine groups is 2.